The van der Waals surface area contributed by atoms with Gasteiger partial charge < -0.3 is 10.2 Å². The minimum Gasteiger partial charge on any atom is -0.352 e. The Morgan fingerprint density at radius 3 is 2.19 bits per heavy atom. The molecule has 0 aliphatic heterocycles. The molecule has 148 valence electrons. The maximum Gasteiger partial charge on any atom is 0.251 e. The number of nitrogens with one attached hydrogen (secondary N) is 1. The van der Waals surface area contributed by atoms with Crippen LogP contribution < -0.4 is 5.32 Å². The molecular formula is C24H36N2O. The second kappa shape index (κ2) is 14.7. The second-order valence-electron chi connectivity index (χ2n) is 6.27. The number of rotatable bonds is 6. The summed E-state index contributed by atoms with van der Waals surface area (Å²) in [4.78, 5) is 14.3. The molecule has 0 aromatic heterocycles. The number of benzene rings is 2. The summed E-state index contributed by atoms with van der Waals surface area (Å²) >= 11 is 0. The smallest absolute Gasteiger partial charge is 0.251 e. The van der Waals surface area contributed by atoms with Crippen LogP contribution in [0.4, 0.5) is 0 Å². The zero-order valence-electron chi connectivity index (χ0n) is 17.9. The first-order valence-electron chi connectivity index (χ1n) is 9.65. The van der Waals surface area contributed by atoms with E-state index in [9.17, 15) is 4.79 Å². The molecule has 0 spiro atoms. The maximum atomic E-state index is 12.2. The van der Waals surface area contributed by atoms with Crippen molar-refractivity contribution in [2.24, 2.45) is 0 Å². The Kier molecular flexibility index (Phi) is 13.4. The van der Waals surface area contributed by atoms with Gasteiger partial charge in [-0.3, -0.25) is 4.79 Å². The summed E-state index contributed by atoms with van der Waals surface area (Å²) in [5.41, 5.74) is 4.15. The van der Waals surface area contributed by atoms with Gasteiger partial charge in [0.15, 0.2) is 0 Å². The third-order valence-electron chi connectivity index (χ3n) is 3.54. The van der Waals surface area contributed by atoms with Gasteiger partial charge in [0.05, 0.1) is 0 Å². The van der Waals surface area contributed by atoms with Crippen molar-refractivity contribution < 1.29 is 4.79 Å². The third kappa shape index (κ3) is 10.4. The molecule has 2 aromatic carbocycles. The molecule has 0 unspecified atom stereocenters. The minimum absolute atomic E-state index is 0.00624. The SMILES string of the molecule is C=CC.CC.Cc1cccc(-c2cccc(C(=O)NCCCN(C)C)c2)c1. The summed E-state index contributed by atoms with van der Waals surface area (Å²) in [6, 6.07) is 16.1. The van der Waals surface area contributed by atoms with Crippen molar-refractivity contribution in [3.05, 3.63) is 72.3 Å². The first kappa shape index (κ1) is 24.6. The first-order chi connectivity index (χ1) is 13.0. The highest BCUT2D eigenvalue weighted by molar-refractivity contribution is 5.95. The van der Waals surface area contributed by atoms with E-state index in [1.54, 1.807) is 6.08 Å². The molecular weight excluding hydrogens is 332 g/mol. The standard InChI is InChI=1S/C19H24N2O.C3H6.C2H6/c1-15-7-4-8-16(13-15)17-9-5-10-18(14-17)19(22)20-11-6-12-21(2)3;1-3-2;1-2/h4-5,7-10,13-14H,6,11-12H2,1-3H3,(H,20,22);3H,1H2,2H3;1-2H3. The molecule has 0 aliphatic carbocycles. The molecule has 1 amide bonds. The third-order valence-corrected chi connectivity index (χ3v) is 3.54. The molecule has 27 heavy (non-hydrogen) atoms. The number of allylic oxidation sites excluding steroid dienone is 1. The Balaban J connectivity index is 0.00000123. The average molecular weight is 369 g/mol. The highest BCUT2D eigenvalue weighted by atomic mass is 16.1. The summed E-state index contributed by atoms with van der Waals surface area (Å²) in [7, 11) is 4.07. The van der Waals surface area contributed by atoms with Gasteiger partial charge in [0.25, 0.3) is 5.91 Å². The van der Waals surface area contributed by atoms with Crippen LogP contribution in [-0.2, 0) is 0 Å². The largest absolute Gasteiger partial charge is 0.352 e. The molecule has 0 fully saturated rings. The lowest BCUT2D eigenvalue weighted by Gasteiger charge is -2.10. The van der Waals surface area contributed by atoms with Gasteiger partial charge in [-0.15, -0.1) is 6.58 Å². The van der Waals surface area contributed by atoms with E-state index in [0.717, 1.165) is 24.1 Å². The number of hydrogen-bond donors (Lipinski definition) is 1. The number of hydrogen-bond acceptors (Lipinski definition) is 2. The topological polar surface area (TPSA) is 32.3 Å². The first-order valence-corrected chi connectivity index (χ1v) is 9.65. The quantitative estimate of drug-likeness (QED) is 0.534. The molecule has 0 saturated heterocycles. The summed E-state index contributed by atoms with van der Waals surface area (Å²) in [6.45, 7) is 13.0. The van der Waals surface area contributed by atoms with E-state index in [1.807, 2.05) is 65.2 Å². The summed E-state index contributed by atoms with van der Waals surface area (Å²) in [5.74, 6) is -0.00624. The predicted molar refractivity (Wildman–Crippen MR) is 119 cm³/mol. The molecule has 0 saturated carbocycles. The van der Waals surface area contributed by atoms with Crippen molar-refractivity contribution in [1.29, 1.82) is 0 Å². The van der Waals surface area contributed by atoms with Crippen molar-refractivity contribution >= 4 is 5.91 Å². The summed E-state index contributed by atoms with van der Waals surface area (Å²) in [5, 5.41) is 2.98. The van der Waals surface area contributed by atoms with Crippen LogP contribution in [-0.4, -0.2) is 38.0 Å². The van der Waals surface area contributed by atoms with Crippen LogP contribution in [0.1, 0.15) is 43.1 Å². The van der Waals surface area contributed by atoms with Crippen LogP contribution in [0.25, 0.3) is 11.1 Å². The van der Waals surface area contributed by atoms with Crippen molar-refractivity contribution in [3.63, 3.8) is 0 Å². The van der Waals surface area contributed by atoms with Gasteiger partial charge in [-0.05, 0) is 64.2 Å². The number of nitrogens with zero attached hydrogens (tertiary/aromatic N) is 1. The maximum absolute atomic E-state index is 12.2. The minimum atomic E-state index is -0.00624. The molecule has 0 aliphatic rings. The fourth-order valence-corrected chi connectivity index (χ4v) is 2.36. The van der Waals surface area contributed by atoms with Crippen LogP contribution in [0.2, 0.25) is 0 Å². The van der Waals surface area contributed by atoms with Gasteiger partial charge in [-0.1, -0.05) is 61.9 Å². The van der Waals surface area contributed by atoms with Gasteiger partial charge in [0, 0.05) is 12.1 Å². The zero-order chi connectivity index (χ0) is 20.7. The number of carbonyl (C=O) groups excluding carboxylic acids is 1. The molecule has 0 atom stereocenters. The van der Waals surface area contributed by atoms with E-state index in [4.69, 9.17) is 0 Å². The normalized spacial score (nSPS) is 9.44. The van der Waals surface area contributed by atoms with Gasteiger partial charge in [-0.2, -0.15) is 0 Å². The number of aryl methyl sites for hydroxylation is 1. The van der Waals surface area contributed by atoms with E-state index in [0.29, 0.717) is 12.1 Å². The molecule has 0 heterocycles. The Labute approximate surface area is 166 Å². The Morgan fingerprint density at radius 1 is 1.07 bits per heavy atom. The molecule has 0 bridgehead atoms. The van der Waals surface area contributed by atoms with E-state index in [-0.39, 0.29) is 5.91 Å². The number of amides is 1. The Hall–Kier alpha value is -2.39. The second-order valence-corrected chi connectivity index (χ2v) is 6.27. The zero-order valence-corrected chi connectivity index (χ0v) is 17.9. The lowest BCUT2D eigenvalue weighted by atomic mass is 10.0. The van der Waals surface area contributed by atoms with Crippen LogP contribution in [0.3, 0.4) is 0 Å². The van der Waals surface area contributed by atoms with Crippen LogP contribution in [0.15, 0.2) is 61.2 Å². The summed E-state index contributed by atoms with van der Waals surface area (Å²) < 4.78 is 0. The Bertz CT molecular complexity index is 678. The average Bonchev–Trinajstić information content (AvgIpc) is 2.67. The summed E-state index contributed by atoms with van der Waals surface area (Å²) in [6.07, 6.45) is 2.70. The highest BCUT2D eigenvalue weighted by Crippen LogP contribution is 2.21. The highest BCUT2D eigenvalue weighted by Gasteiger charge is 2.06. The van der Waals surface area contributed by atoms with Crippen LogP contribution in [0.5, 0.6) is 0 Å². The van der Waals surface area contributed by atoms with Crippen molar-refractivity contribution in [2.75, 3.05) is 27.2 Å². The predicted octanol–water partition coefficient (Wildman–Crippen LogP) is 5.56. The van der Waals surface area contributed by atoms with Crippen molar-refractivity contribution in [2.45, 2.75) is 34.1 Å². The number of carbonyl (C=O) groups is 1. The van der Waals surface area contributed by atoms with Gasteiger partial charge in [-0.25, -0.2) is 0 Å². The van der Waals surface area contributed by atoms with E-state index in [2.05, 4.69) is 41.9 Å². The van der Waals surface area contributed by atoms with Crippen molar-refractivity contribution in [1.82, 2.24) is 10.2 Å². The lowest BCUT2D eigenvalue weighted by molar-refractivity contribution is 0.0952. The van der Waals surface area contributed by atoms with Crippen molar-refractivity contribution in [3.8, 4) is 11.1 Å². The van der Waals surface area contributed by atoms with Crippen LogP contribution >= 0.6 is 0 Å². The van der Waals surface area contributed by atoms with Gasteiger partial charge in [0.1, 0.15) is 0 Å². The van der Waals surface area contributed by atoms with E-state index in [1.165, 1.54) is 5.56 Å². The van der Waals surface area contributed by atoms with Crippen LogP contribution in [0, 0.1) is 6.92 Å². The molecule has 3 nitrogen and oxygen atoms in total. The molecule has 0 radical (unpaired) electrons. The van der Waals surface area contributed by atoms with Gasteiger partial charge in [0.2, 0.25) is 0 Å². The fraction of sp³-hybridized carbons (Fsp3) is 0.375. The molecule has 2 aromatic rings. The van der Waals surface area contributed by atoms with E-state index >= 15 is 0 Å². The van der Waals surface area contributed by atoms with E-state index < -0.39 is 0 Å². The lowest BCUT2D eigenvalue weighted by Crippen LogP contribution is -2.27. The molecule has 3 heteroatoms. The molecule has 1 N–H and O–H groups in total. The van der Waals surface area contributed by atoms with Gasteiger partial charge >= 0.3 is 0 Å². The monoisotopic (exact) mass is 368 g/mol. The molecule has 2 rings (SSSR count). The fourth-order valence-electron chi connectivity index (χ4n) is 2.36. The Morgan fingerprint density at radius 2 is 1.63 bits per heavy atom.